The zero-order valence-corrected chi connectivity index (χ0v) is 26.2. The Kier molecular flexibility index (Phi) is 7.19. The second-order valence-corrected chi connectivity index (χ2v) is 12.0. The number of rotatable bonds is 9. The highest BCUT2D eigenvalue weighted by molar-refractivity contribution is 6.04. The Hall–Kier alpha value is -5.30. The number of aromatic nitrogens is 5. The number of hydrogen-bond acceptors (Lipinski definition) is 10. The molecular weight excluding hydrogens is 589 g/mol. The molecular formula is C33H34FN9O3. The van der Waals surface area contributed by atoms with E-state index in [1.807, 2.05) is 55.2 Å². The quantitative estimate of drug-likeness (QED) is 0.213. The molecule has 3 aromatic heterocycles. The van der Waals surface area contributed by atoms with Crippen LogP contribution in [0.15, 0.2) is 65.6 Å². The number of amides is 1. The van der Waals surface area contributed by atoms with Crippen molar-refractivity contribution >= 4 is 39.8 Å². The zero-order chi connectivity index (χ0) is 32.3. The molecule has 236 valence electrons. The van der Waals surface area contributed by atoms with Crippen LogP contribution in [0.4, 0.5) is 27.4 Å². The first-order chi connectivity index (χ1) is 22.1. The molecule has 0 spiro atoms. The summed E-state index contributed by atoms with van der Waals surface area (Å²) < 4.78 is 27.5. The third-order valence-electron chi connectivity index (χ3n) is 8.91. The summed E-state index contributed by atoms with van der Waals surface area (Å²) in [6, 6.07) is 11.9. The van der Waals surface area contributed by atoms with E-state index in [-0.39, 0.29) is 5.95 Å². The van der Waals surface area contributed by atoms with E-state index in [1.165, 1.54) is 0 Å². The fourth-order valence-electron chi connectivity index (χ4n) is 6.72. The Morgan fingerprint density at radius 3 is 2.59 bits per heavy atom. The van der Waals surface area contributed by atoms with E-state index in [9.17, 15) is 9.18 Å². The normalized spacial score (nSPS) is 18.8. The van der Waals surface area contributed by atoms with Gasteiger partial charge in [-0.05, 0) is 31.0 Å². The molecule has 5 aromatic rings. The number of carbonyl (C=O) groups is 1. The molecule has 3 atom stereocenters. The van der Waals surface area contributed by atoms with Gasteiger partial charge in [-0.1, -0.05) is 24.8 Å². The van der Waals surface area contributed by atoms with Crippen LogP contribution in [0, 0.1) is 18.8 Å². The second kappa shape index (κ2) is 11.2. The number of halogens is 1. The first kappa shape index (κ1) is 29.4. The highest BCUT2D eigenvalue weighted by atomic mass is 19.1. The SMILES string of the molecule is C=C(F)C(=O)Nc1cc(Nc2ncc(-c3nnc(C)o3)c(-c3cn(C)c4ccccc34)n2)c(OC)cc1N(C)C1C2CN(C)C[C@@H]21. The number of ether oxygens (including phenoxy) is 1. The van der Waals surface area contributed by atoms with Crippen LogP contribution >= 0.6 is 0 Å². The topological polar surface area (TPSA) is 126 Å². The number of benzene rings is 2. The van der Waals surface area contributed by atoms with Gasteiger partial charge in [-0.3, -0.25) is 4.79 Å². The molecule has 2 fully saturated rings. The number of methoxy groups -OCH3 is 1. The van der Waals surface area contributed by atoms with Gasteiger partial charge in [-0.25, -0.2) is 14.4 Å². The average molecular weight is 624 g/mol. The third-order valence-corrected chi connectivity index (χ3v) is 8.91. The summed E-state index contributed by atoms with van der Waals surface area (Å²) in [5, 5.41) is 15.2. The van der Waals surface area contributed by atoms with E-state index in [4.69, 9.17) is 14.1 Å². The largest absolute Gasteiger partial charge is 0.494 e. The predicted octanol–water partition coefficient (Wildman–Crippen LogP) is 5.16. The number of para-hydroxylation sites is 1. The van der Waals surface area contributed by atoms with Crippen LogP contribution in [0.2, 0.25) is 0 Å². The van der Waals surface area contributed by atoms with Gasteiger partial charge in [0.25, 0.3) is 11.8 Å². The molecule has 1 amide bonds. The van der Waals surface area contributed by atoms with Crippen molar-refractivity contribution in [1.82, 2.24) is 29.6 Å². The molecule has 1 aliphatic heterocycles. The number of carbonyl (C=O) groups excluding carboxylic acids is 1. The Bertz CT molecular complexity index is 1990. The standard InChI is InChI=1S/C33H34FN9O3/c1-17(34)31(44)36-24-11-25(28(45-6)12-27(24)43(5)30-22-14-41(3)15-23(22)30)37-33-35-13-20(32-40-39-18(2)46-32)29(38-33)21-16-42(4)26-10-8-7-9-19(21)26/h7-13,16,22-23,30H,1,14-15H2,2-6H3,(H,36,44)(H,35,37,38)/t22-,23?,30?/m0/s1. The third kappa shape index (κ3) is 5.11. The van der Waals surface area contributed by atoms with Gasteiger partial charge in [-0.15, -0.1) is 10.2 Å². The van der Waals surface area contributed by atoms with Gasteiger partial charge in [0.05, 0.1) is 35.4 Å². The summed E-state index contributed by atoms with van der Waals surface area (Å²) in [5.74, 6) is 0.519. The van der Waals surface area contributed by atoms with Crippen molar-refractivity contribution in [2.75, 3.05) is 49.8 Å². The van der Waals surface area contributed by atoms with Crippen LogP contribution < -0.4 is 20.3 Å². The molecule has 1 aliphatic carbocycles. The number of likely N-dealkylation sites (tertiary alicyclic amines) is 1. The number of piperidine rings is 1. The average Bonchev–Trinajstić information content (AvgIpc) is 3.34. The predicted molar refractivity (Wildman–Crippen MR) is 174 cm³/mol. The molecule has 1 saturated heterocycles. The lowest BCUT2D eigenvalue weighted by molar-refractivity contribution is -0.114. The molecule has 2 unspecified atom stereocenters. The Morgan fingerprint density at radius 1 is 1.13 bits per heavy atom. The number of nitrogens with one attached hydrogen (secondary N) is 2. The minimum Gasteiger partial charge on any atom is -0.494 e. The minimum atomic E-state index is -1.08. The molecule has 4 heterocycles. The van der Waals surface area contributed by atoms with E-state index >= 15 is 0 Å². The maximum absolute atomic E-state index is 13.9. The summed E-state index contributed by atoms with van der Waals surface area (Å²) in [6.45, 7) is 6.91. The molecule has 2 aliphatic rings. The number of fused-ring (bicyclic) bond motifs is 2. The molecule has 1 saturated carbocycles. The maximum atomic E-state index is 13.9. The second-order valence-electron chi connectivity index (χ2n) is 12.0. The van der Waals surface area contributed by atoms with Crippen molar-refractivity contribution in [2.45, 2.75) is 13.0 Å². The van der Waals surface area contributed by atoms with Crippen molar-refractivity contribution in [2.24, 2.45) is 18.9 Å². The lowest BCUT2D eigenvalue weighted by Crippen LogP contribution is -2.31. The van der Waals surface area contributed by atoms with E-state index < -0.39 is 11.7 Å². The molecule has 2 aromatic carbocycles. The molecule has 0 radical (unpaired) electrons. The van der Waals surface area contributed by atoms with Crippen LogP contribution in [-0.4, -0.2) is 75.9 Å². The summed E-state index contributed by atoms with van der Waals surface area (Å²) in [4.78, 5) is 26.5. The Labute approximate surface area is 264 Å². The van der Waals surface area contributed by atoms with Crippen molar-refractivity contribution in [3.8, 4) is 28.5 Å². The monoisotopic (exact) mass is 623 g/mol. The van der Waals surface area contributed by atoms with Crippen molar-refractivity contribution in [3.05, 3.63) is 67.1 Å². The van der Waals surface area contributed by atoms with Crippen LogP contribution in [0.1, 0.15) is 5.89 Å². The maximum Gasteiger partial charge on any atom is 0.283 e. The Balaban J connectivity index is 1.30. The van der Waals surface area contributed by atoms with E-state index in [1.54, 1.807) is 26.3 Å². The molecule has 0 bridgehead atoms. The smallest absolute Gasteiger partial charge is 0.283 e. The number of hydrogen-bond donors (Lipinski definition) is 2. The first-order valence-electron chi connectivity index (χ1n) is 14.9. The van der Waals surface area contributed by atoms with Crippen molar-refractivity contribution in [3.63, 3.8) is 0 Å². The van der Waals surface area contributed by atoms with Gasteiger partial charge < -0.3 is 34.2 Å². The molecule has 7 rings (SSSR count). The minimum absolute atomic E-state index is 0.259. The zero-order valence-electron chi connectivity index (χ0n) is 26.2. The summed E-state index contributed by atoms with van der Waals surface area (Å²) in [7, 11) is 7.65. The Morgan fingerprint density at radius 2 is 1.89 bits per heavy atom. The highest BCUT2D eigenvalue weighted by Gasteiger charge is 2.57. The van der Waals surface area contributed by atoms with Gasteiger partial charge in [0.2, 0.25) is 11.8 Å². The molecule has 46 heavy (non-hydrogen) atoms. The van der Waals surface area contributed by atoms with Gasteiger partial charge in [0.15, 0.2) is 5.83 Å². The highest BCUT2D eigenvalue weighted by Crippen LogP contribution is 2.51. The summed E-state index contributed by atoms with van der Waals surface area (Å²) in [6.07, 6.45) is 3.63. The number of nitrogens with zero attached hydrogens (tertiary/aromatic N) is 7. The number of anilines is 4. The van der Waals surface area contributed by atoms with Crippen LogP contribution in [0.25, 0.3) is 33.6 Å². The molecule has 13 heteroatoms. The lowest BCUT2D eigenvalue weighted by atomic mass is 10.1. The van der Waals surface area contributed by atoms with Gasteiger partial charge >= 0.3 is 0 Å². The molecule has 12 nitrogen and oxygen atoms in total. The van der Waals surface area contributed by atoms with Crippen molar-refractivity contribution < 1.29 is 18.3 Å². The van der Waals surface area contributed by atoms with Crippen LogP contribution in [0.5, 0.6) is 5.75 Å². The lowest BCUT2D eigenvalue weighted by Gasteiger charge is -2.27. The fourth-order valence-corrected chi connectivity index (χ4v) is 6.72. The van der Waals surface area contributed by atoms with E-state index in [0.29, 0.717) is 63.7 Å². The first-order valence-corrected chi connectivity index (χ1v) is 14.9. The fraction of sp³-hybridized carbons (Fsp3) is 0.303. The molecule has 2 N–H and O–H groups in total. The summed E-state index contributed by atoms with van der Waals surface area (Å²) >= 11 is 0. The van der Waals surface area contributed by atoms with Gasteiger partial charge in [-0.2, -0.15) is 0 Å². The van der Waals surface area contributed by atoms with E-state index in [2.05, 4.69) is 49.2 Å². The van der Waals surface area contributed by atoms with Gasteiger partial charge in [0, 0.05) is 75.1 Å². The van der Waals surface area contributed by atoms with Crippen LogP contribution in [0.3, 0.4) is 0 Å². The van der Waals surface area contributed by atoms with E-state index in [0.717, 1.165) is 29.6 Å². The number of aryl methyl sites for hydroxylation is 2. The van der Waals surface area contributed by atoms with Gasteiger partial charge in [0.1, 0.15) is 5.75 Å². The van der Waals surface area contributed by atoms with Crippen molar-refractivity contribution in [1.29, 1.82) is 0 Å². The van der Waals surface area contributed by atoms with Crippen LogP contribution in [-0.2, 0) is 11.8 Å². The summed E-state index contributed by atoms with van der Waals surface area (Å²) in [5.41, 5.74) is 4.62.